The number of aromatic hydroxyl groups is 1. The molecule has 9 nitrogen and oxygen atoms in total. The third-order valence-corrected chi connectivity index (χ3v) is 4.65. The van der Waals surface area contributed by atoms with Crippen LogP contribution in [0.5, 0.6) is 11.5 Å². The maximum absolute atomic E-state index is 13.2. The zero-order valence-electron chi connectivity index (χ0n) is 19.7. The first-order valence-electron chi connectivity index (χ1n) is 10.4. The Morgan fingerprint density at radius 2 is 1.58 bits per heavy atom. The molecule has 2 rings (SSSR count). The summed E-state index contributed by atoms with van der Waals surface area (Å²) in [5, 5.41) is 14.9. The molecule has 0 aliphatic rings. The molecule has 0 radical (unpaired) electrons. The summed E-state index contributed by atoms with van der Waals surface area (Å²) in [5.41, 5.74) is 0.287. The van der Waals surface area contributed by atoms with Gasteiger partial charge < -0.3 is 30.1 Å². The molecule has 3 N–H and O–H groups in total. The number of nitrogens with one attached hydrogen (secondary N) is 2. The van der Waals surface area contributed by atoms with Crippen LogP contribution in [-0.4, -0.2) is 53.7 Å². The molecule has 0 fully saturated rings. The largest absolute Gasteiger partial charge is 0.508 e. The molecule has 178 valence electrons. The highest BCUT2D eigenvalue weighted by Gasteiger charge is 2.32. The number of benzene rings is 2. The number of nitrogens with zero attached hydrogens (tertiary/aromatic N) is 1. The van der Waals surface area contributed by atoms with Gasteiger partial charge in [-0.3, -0.25) is 9.59 Å². The molecule has 0 aromatic heterocycles. The number of phenols is 1. The van der Waals surface area contributed by atoms with Gasteiger partial charge in [0.25, 0.3) is 5.91 Å². The quantitative estimate of drug-likeness (QED) is 0.586. The lowest BCUT2D eigenvalue weighted by atomic mass is 10.0. The first-order valence-corrected chi connectivity index (χ1v) is 10.4. The Labute approximate surface area is 193 Å². The van der Waals surface area contributed by atoms with Crippen LogP contribution in [0.25, 0.3) is 0 Å². The van der Waals surface area contributed by atoms with Crippen molar-refractivity contribution in [2.24, 2.45) is 0 Å². The van der Waals surface area contributed by atoms with E-state index < -0.39 is 35.6 Å². The molecule has 0 saturated carbocycles. The number of ether oxygens (including phenoxy) is 2. The highest BCUT2D eigenvalue weighted by atomic mass is 16.6. The fourth-order valence-corrected chi connectivity index (χ4v) is 3.07. The van der Waals surface area contributed by atoms with E-state index in [9.17, 15) is 19.5 Å². The van der Waals surface area contributed by atoms with Gasteiger partial charge in [-0.25, -0.2) is 4.79 Å². The minimum Gasteiger partial charge on any atom is -0.508 e. The molecule has 2 unspecified atom stereocenters. The summed E-state index contributed by atoms with van der Waals surface area (Å²) < 4.78 is 10.3. The Morgan fingerprint density at radius 1 is 1.00 bits per heavy atom. The molecule has 0 saturated heterocycles. The molecule has 0 aliphatic carbocycles. The summed E-state index contributed by atoms with van der Waals surface area (Å²) in [6, 6.07) is 10.8. The summed E-state index contributed by atoms with van der Waals surface area (Å²) in [6.07, 6.45) is -0.736. The first kappa shape index (κ1) is 25.5. The molecule has 0 aliphatic heterocycles. The Balaban J connectivity index is 2.24. The molecular formula is C24H31N3O6. The first-order chi connectivity index (χ1) is 15.4. The van der Waals surface area contributed by atoms with Gasteiger partial charge in [0.05, 0.1) is 7.11 Å². The number of hydrogen-bond donors (Lipinski definition) is 3. The van der Waals surface area contributed by atoms with Crippen molar-refractivity contribution in [2.75, 3.05) is 19.5 Å². The number of carbonyl (C=O) groups is 3. The number of rotatable bonds is 7. The van der Waals surface area contributed by atoms with E-state index in [1.165, 1.54) is 31.0 Å². The maximum Gasteiger partial charge on any atom is 0.408 e. The lowest BCUT2D eigenvalue weighted by molar-refractivity contribution is -0.138. The van der Waals surface area contributed by atoms with E-state index in [1.54, 1.807) is 64.3 Å². The number of likely N-dealkylation sites (N-methyl/N-ethyl adjacent to an activating group) is 1. The van der Waals surface area contributed by atoms with Gasteiger partial charge in [-0.15, -0.1) is 0 Å². The van der Waals surface area contributed by atoms with Crippen LogP contribution in [0.4, 0.5) is 10.5 Å². The maximum atomic E-state index is 13.2. The van der Waals surface area contributed by atoms with Gasteiger partial charge in [0.15, 0.2) is 0 Å². The Hall–Kier alpha value is -3.75. The van der Waals surface area contributed by atoms with Gasteiger partial charge in [-0.05, 0) is 69.7 Å². The SMILES string of the molecule is COc1ccc(NC(=O)C(c2ccc(O)cc2)N(C)C(=O)C(C)NC(=O)OC(C)(C)C)cc1. The Bertz CT molecular complexity index is 967. The van der Waals surface area contributed by atoms with Crippen LogP contribution >= 0.6 is 0 Å². The number of hydrogen-bond acceptors (Lipinski definition) is 6. The lowest BCUT2D eigenvalue weighted by Gasteiger charge is -2.30. The second kappa shape index (κ2) is 10.7. The van der Waals surface area contributed by atoms with E-state index in [1.807, 2.05) is 0 Å². The fraction of sp³-hybridized carbons (Fsp3) is 0.375. The number of anilines is 1. The molecule has 2 atom stereocenters. The van der Waals surface area contributed by atoms with Gasteiger partial charge >= 0.3 is 6.09 Å². The Morgan fingerprint density at radius 3 is 2.09 bits per heavy atom. The topological polar surface area (TPSA) is 117 Å². The van der Waals surface area contributed by atoms with Crippen LogP contribution < -0.4 is 15.4 Å². The van der Waals surface area contributed by atoms with Gasteiger partial charge in [-0.1, -0.05) is 12.1 Å². The number of carbonyl (C=O) groups excluding carboxylic acids is 3. The second-order valence-electron chi connectivity index (χ2n) is 8.53. The van der Waals surface area contributed by atoms with Crippen LogP contribution in [0.2, 0.25) is 0 Å². The number of phenolic OH excluding ortho intramolecular Hbond substituents is 1. The number of amides is 3. The summed E-state index contributed by atoms with van der Waals surface area (Å²) in [7, 11) is 3.02. The van der Waals surface area contributed by atoms with Crippen molar-refractivity contribution < 1.29 is 29.0 Å². The Kier molecular flexibility index (Phi) is 8.28. The number of methoxy groups -OCH3 is 1. The minimum absolute atomic E-state index is 0.0296. The predicted molar refractivity (Wildman–Crippen MR) is 124 cm³/mol. The van der Waals surface area contributed by atoms with Crippen LogP contribution in [0.1, 0.15) is 39.3 Å². The smallest absolute Gasteiger partial charge is 0.408 e. The molecule has 0 bridgehead atoms. The molecule has 0 spiro atoms. The van der Waals surface area contributed by atoms with Gasteiger partial charge in [0.1, 0.15) is 29.2 Å². The normalized spacial score (nSPS) is 12.8. The average molecular weight is 458 g/mol. The van der Waals surface area contributed by atoms with E-state index in [2.05, 4.69) is 10.6 Å². The second-order valence-corrected chi connectivity index (χ2v) is 8.53. The van der Waals surface area contributed by atoms with Crippen LogP contribution in [0.3, 0.4) is 0 Å². The van der Waals surface area contributed by atoms with E-state index in [4.69, 9.17) is 9.47 Å². The van der Waals surface area contributed by atoms with Crippen molar-refractivity contribution in [3.05, 3.63) is 54.1 Å². The zero-order valence-corrected chi connectivity index (χ0v) is 19.7. The molecular weight excluding hydrogens is 426 g/mol. The highest BCUT2D eigenvalue weighted by Crippen LogP contribution is 2.25. The van der Waals surface area contributed by atoms with Crippen LogP contribution in [-0.2, 0) is 14.3 Å². The minimum atomic E-state index is -1.02. The average Bonchev–Trinajstić information content (AvgIpc) is 2.73. The van der Waals surface area contributed by atoms with Gasteiger partial charge in [-0.2, -0.15) is 0 Å². The monoisotopic (exact) mass is 457 g/mol. The predicted octanol–water partition coefficient (Wildman–Crippen LogP) is 3.45. The van der Waals surface area contributed by atoms with Gasteiger partial charge in [0.2, 0.25) is 5.91 Å². The molecule has 33 heavy (non-hydrogen) atoms. The summed E-state index contributed by atoms with van der Waals surface area (Å²) in [4.78, 5) is 39.6. The third kappa shape index (κ3) is 7.41. The van der Waals surface area contributed by atoms with Crippen molar-refractivity contribution >= 4 is 23.6 Å². The van der Waals surface area contributed by atoms with Gasteiger partial charge in [0, 0.05) is 12.7 Å². The summed E-state index contributed by atoms with van der Waals surface area (Å²) >= 11 is 0. The molecule has 0 heterocycles. The standard InChI is InChI=1S/C24H31N3O6/c1-15(25-23(31)33-24(2,3)4)22(30)27(5)20(16-7-11-18(28)12-8-16)21(29)26-17-9-13-19(32-6)14-10-17/h7-15,20,28H,1-6H3,(H,25,31)(H,26,29). The fourth-order valence-electron chi connectivity index (χ4n) is 3.07. The van der Waals surface area contributed by atoms with Crippen molar-refractivity contribution in [2.45, 2.75) is 45.4 Å². The van der Waals surface area contributed by atoms with Crippen molar-refractivity contribution in [3.63, 3.8) is 0 Å². The van der Waals surface area contributed by atoms with Crippen molar-refractivity contribution in [1.82, 2.24) is 10.2 Å². The van der Waals surface area contributed by atoms with Crippen molar-refractivity contribution in [3.8, 4) is 11.5 Å². The summed E-state index contributed by atoms with van der Waals surface area (Å²) in [5.74, 6) is -0.297. The van der Waals surface area contributed by atoms with E-state index in [0.29, 0.717) is 17.0 Å². The molecule has 9 heteroatoms. The van der Waals surface area contributed by atoms with E-state index in [-0.39, 0.29) is 5.75 Å². The molecule has 2 aromatic carbocycles. The lowest BCUT2D eigenvalue weighted by Crippen LogP contribution is -2.49. The highest BCUT2D eigenvalue weighted by molar-refractivity contribution is 5.98. The molecule has 2 aromatic rings. The third-order valence-electron chi connectivity index (χ3n) is 4.65. The van der Waals surface area contributed by atoms with Crippen LogP contribution in [0.15, 0.2) is 48.5 Å². The zero-order chi connectivity index (χ0) is 24.8. The van der Waals surface area contributed by atoms with E-state index >= 15 is 0 Å². The summed E-state index contributed by atoms with van der Waals surface area (Å²) in [6.45, 7) is 6.67. The van der Waals surface area contributed by atoms with E-state index in [0.717, 1.165) is 0 Å². The van der Waals surface area contributed by atoms with Crippen LogP contribution in [0, 0.1) is 0 Å². The number of alkyl carbamates (subject to hydrolysis) is 1. The van der Waals surface area contributed by atoms with Crippen molar-refractivity contribution in [1.29, 1.82) is 0 Å². The molecule has 3 amide bonds.